The van der Waals surface area contributed by atoms with Gasteiger partial charge in [0.25, 0.3) is 5.91 Å². The quantitative estimate of drug-likeness (QED) is 0.222. The number of hydrogen-bond acceptors (Lipinski definition) is 5. The van der Waals surface area contributed by atoms with Crippen molar-refractivity contribution in [3.8, 4) is 11.5 Å². The molecule has 1 aliphatic rings. The van der Waals surface area contributed by atoms with Crippen LogP contribution in [-0.2, 0) is 6.54 Å². The van der Waals surface area contributed by atoms with Crippen molar-refractivity contribution in [2.24, 2.45) is 5.92 Å². The van der Waals surface area contributed by atoms with E-state index in [2.05, 4.69) is 13.8 Å². The van der Waals surface area contributed by atoms with Crippen LogP contribution < -0.4 is 14.9 Å². The van der Waals surface area contributed by atoms with Gasteiger partial charge in [-0.3, -0.25) is 9.59 Å². The molecule has 0 aliphatic carbocycles. The number of hydrogen-bond donors (Lipinski definition) is 0. The molecule has 1 aromatic heterocycles. The minimum atomic E-state index is -0.763. The normalized spacial score (nSPS) is 14.8. The molecule has 0 radical (unpaired) electrons. The van der Waals surface area contributed by atoms with E-state index in [9.17, 15) is 14.0 Å². The van der Waals surface area contributed by atoms with E-state index in [1.165, 1.54) is 12.1 Å². The molecule has 1 unspecified atom stereocenters. The van der Waals surface area contributed by atoms with Crippen LogP contribution in [0.4, 0.5) is 4.39 Å². The van der Waals surface area contributed by atoms with Crippen LogP contribution in [0.2, 0.25) is 5.02 Å². The van der Waals surface area contributed by atoms with Crippen molar-refractivity contribution in [3.05, 3.63) is 104 Å². The number of nitrogens with zero attached hydrogens (tertiary/aromatic N) is 1. The highest BCUT2D eigenvalue weighted by atomic mass is 35.5. The van der Waals surface area contributed by atoms with E-state index in [0.717, 1.165) is 6.42 Å². The van der Waals surface area contributed by atoms with Crippen molar-refractivity contribution in [3.63, 3.8) is 0 Å². The zero-order valence-electron chi connectivity index (χ0n) is 22.0. The maximum Gasteiger partial charge on any atom is 0.291 e. The molecule has 2 heterocycles. The van der Waals surface area contributed by atoms with Gasteiger partial charge in [-0.2, -0.15) is 0 Å². The van der Waals surface area contributed by atoms with Crippen LogP contribution in [0.3, 0.4) is 0 Å². The van der Waals surface area contributed by atoms with Crippen LogP contribution >= 0.6 is 11.6 Å². The van der Waals surface area contributed by atoms with Crippen molar-refractivity contribution in [2.45, 2.75) is 39.8 Å². The lowest BCUT2D eigenvalue weighted by atomic mass is 9.97. The number of rotatable bonds is 9. The Bertz CT molecular complexity index is 1580. The first kappa shape index (κ1) is 26.8. The minimum Gasteiger partial charge on any atom is -0.490 e. The SMILES string of the molecule is CCOc1cc(C2c3c(oc4ccc(Cl)cc4c3=O)C(=O)N2Cc2ccc(F)cc2)ccc1OCCC(C)C. The van der Waals surface area contributed by atoms with Crippen molar-refractivity contribution in [2.75, 3.05) is 13.2 Å². The van der Waals surface area contributed by atoms with E-state index in [4.69, 9.17) is 25.5 Å². The minimum absolute atomic E-state index is 0.0165. The van der Waals surface area contributed by atoms with Gasteiger partial charge in [-0.15, -0.1) is 0 Å². The molecule has 5 rings (SSSR count). The highest BCUT2D eigenvalue weighted by Crippen LogP contribution is 2.42. The molecular weight excluding hydrogens is 521 g/mol. The van der Waals surface area contributed by atoms with Gasteiger partial charge in [-0.25, -0.2) is 4.39 Å². The summed E-state index contributed by atoms with van der Waals surface area (Å²) in [5.74, 6) is 0.785. The molecule has 6 nitrogen and oxygen atoms in total. The second kappa shape index (κ2) is 11.1. The first-order valence-electron chi connectivity index (χ1n) is 13.0. The molecule has 1 amide bonds. The van der Waals surface area contributed by atoms with Gasteiger partial charge in [0.1, 0.15) is 11.4 Å². The summed E-state index contributed by atoms with van der Waals surface area (Å²) in [6, 6.07) is 15.3. The fourth-order valence-electron chi connectivity index (χ4n) is 4.78. The Morgan fingerprint density at radius 2 is 1.77 bits per heavy atom. The van der Waals surface area contributed by atoms with Gasteiger partial charge in [0, 0.05) is 11.6 Å². The standard InChI is InChI=1S/C31H29ClFNO5/c1-4-37-26-15-20(7-11-25(26)38-14-13-18(2)3)28-27-29(35)23-16-21(32)8-12-24(23)39-30(27)31(36)34(28)17-19-5-9-22(33)10-6-19/h5-12,15-16,18,28H,4,13-14,17H2,1-3H3. The van der Waals surface area contributed by atoms with Crippen LogP contribution in [0.15, 0.2) is 69.9 Å². The second-order valence-corrected chi connectivity index (χ2v) is 10.4. The summed E-state index contributed by atoms with van der Waals surface area (Å²) in [5.41, 5.74) is 1.55. The van der Waals surface area contributed by atoms with Gasteiger partial charge in [-0.1, -0.05) is 43.6 Å². The molecule has 1 aliphatic heterocycles. The predicted molar refractivity (Wildman–Crippen MR) is 148 cm³/mol. The van der Waals surface area contributed by atoms with Gasteiger partial charge in [-0.05, 0) is 72.9 Å². The van der Waals surface area contributed by atoms with Crippen LogP contribution in [0.5, 0.6) is 11.5 Å². The zero-order chi connectivity index (χ0) is 27.7. The van der Waals surface area contributed by atoms with E-state index in [1.807, 2.05) is 13.0 Å². The van der Waals surface area contributed by atoms with E-state index in [-0.39, 0.29) is 34.7 Å². The van der Waals surface area contributed by atoms with E-state index in [1.54, 1.807) is 47.4 Å². The lowest BCUT2D eigenvalue weighted by Crippen LogP contribution is -2.29. The first-order chi connectivity index (χ1) is 18.8. The van der Waals surface area contributed by atoms with Crippen molar-refractivity contribution >= 4 is 28.5 Å². The van der Waals surface area contributed by atoms with E-state index >= 15 is 0 Å². The van der Waals surface area contributed by atoms with Gasteiger partial charge in [0.2, 0.25) is 5.76 Å². The molecule has 8 heteroatoms. The topological polar surface area (TPSA) is 69.0 Å². The lowest BCUT2D eigenvalue weighted by molar-refractivity contribution is 0.0714. The Kier molecular flexibility index (Phi) is 7.62. The first-order valence-corrected chi connectivity index (χ1v) is 13.4. The molecule has 202 valence electrons. The lowest BCUT2D eigenvalue weighted by Gasteiger charge is -2.26. The Balaban J connectivity index is 1.64. The molecule has 0 fully saturated rings. The summed E-state index contributed by atoms with van der Waals surface area (Å²) < 4.78 is 31.5. The maximum absolute atomic E-state index is 13.8. The second-order valence-electron chi connectivity index (χ2n) is 9.95. The smallest absolute Gasteiger partial charge is 0.291 e. The van der Waals surface area contributed by atoms with Crippen LogP contribution in [0.1, 0.15) is 60.5 Å². The molecule has 4 aromatic rings. The largest absolute Gasteiger partial charge is 0.490 e. The number of halogens is 2. The fourth-order valence-corrected chi connectivity index (χ4v) is 4.95. The third kappa shape index (κ3) is 5.36. The van der Waals surface area contributed by atoms with Crippen LogP contribution in [-0.4, -0.2) is 24.0 Å². The highest BCUT2D eigenvalue weighted by Gasteiger charge is 2.43. The van der Waals surface area contributed by atoms with E-state index in [0.29, 0.717) is 52.2 Å². The van der Waals surface area contributed by atoms with Gasteiger partial charge < -0.3 is 18.8 Å². The number of carbonyl (C=O) groups excluding carboxylic acids is 1. The maximum atomic E-state index is 13.8. The third-order valence-electron chi connectivity index (χ3n) is 6.73. The fraction of sp³-hybridized carbons (Fsp3) is 0.290. The molecule has 0 spiro atoms. The zero-order valence-corrected chi connectivity index (χ0v) is 22.8. The van der Waals surface area contributed by atoms with Crippen molar-refractivity contribution < 1.29 is 23.1 Å². The number of fused-ring (bicyclic) bond motifs is 2. The molecule has 3 aromatic carbocycles. The summed E-state index contributed by atoms with van der Waals surface area (Å²) >= 11 is 6.19. The predicted octanol–water partition coefficient (Wildman–Crippen LogP) is 7.15. The molecule has 0 saturated heterocycles. The van der Waals surface area contributed by atoms with Crippen LogP contribution in [0, 0.1) is 11.7 Å². The molecule has 1 atom stereocenters. The Morgan fingerprint density at radius 3 is 2.49 bits per heavy atom. The Labute approximate surface area is 230 Å². The highest BCUT2D eigenvalue weighted by molar-refractivity contribution is 6.31. The van der Waals surface area contributed by atoms with Gasteiger partial charge in [0.05, 0.1) is 30.2 Å². The Morgan fingerprint density at radius 1 is 1.00 bits per heavy atom. The van der Waals surface area contributed by atoms with Crippen molar-refractivity contribution in [1.82, 2.24) is 4.90 Å². The van der Waals surface area contributed by atoms with Crippen molar-refractivity contribution in [1.29, 1.82) is 0 Å². The number of benzene rings is 3. The molecular formula is C31H29ClFNO5. The summed E-state index contributed by atoms with van der Waals surface area (Å²) in [5, 5.41) is 0.682. The van der Waals surface area contributed by atoms with E-state index < -0.39 is 11.9 Å². The molecule has 0 N–H and O–H groups in total. The van der Waals surface area contributed by atoms with Crippen LogP contribution in [0.25, 0.3) is 11.0 Å². The third-order valence-corrected chi connectivity index (χ3v) is 6.97. The molecule has 0 bridgehead atoms. The monoisotopic (exact) mass is 549 g/mol. The molecule has 0 saturated carbocycles. The summed E-state index contributed by atoms with van der Waals surface area (Å²) in [4.78, 5) is 29.1. The Hall–Kier alpha value is -3.84. The number of amides is 1. The summed E-state index contributed by atoms with van der Waals surface area (Å²) in [6.45, 7) is 7.22. The average molecular weight is 550 g/mol. The number of carbonyl (C=O) groups is 1. The summed E-state index contributed by atoms with van der Waals surface area (Å²) in [7, 11) is 0. The average Bonchev–Trinajstić information content (AvgIpc) is 3.18. The molecule has 39 heavy (non-hydrogen) atoms. The van der Waals surface area contributed by atoms with Gasteiger partial charge >= 0.3 is 0 Å². The number of ether oxygens (including phenoxy) is 2. The summed E-state index contributed by atoms with van der Waals surface area (Å²) in [6.07, 6.45) is 0.889. The van der Waals surface area contributed by atoms with Gasteiger partial charge in [0.15, 0.2) is 16.9 Å².